The summed E-state index contributed by atoms with van der Waals surface area (Å²) in [6.07, 6.45) is 0. The molecule has 1 rings (SSSR count). The fraction of sp³-hybridized carbons (Fsp3) is 0.400. The number of halogens is 2. The number of nitrogen functional groups attached to an aromatic ring is 1. The lowest BCUT2D eigenvalue weighted by atomic mass is 10.2. The van der Waals surface area contributed by atoms with E-state index in [1.807, 2.05) is 0 Å². The molecule has 16 heavy (non-hydrogen) atoms. The Morgan fingerprint density at radius 2 is 2.12 bits per heavy atom. The van der Waals surface area contributed by atoms with Gasteiger partial charge in [-0.2, -0.15) is 0 Å². The molecule has 2 N–H and O–H groups in total. The van der Waals surface area contributed by atoms with E-state index in [1.54, 1.807) is 20.8 Å². The second kappa shape index (κ2) is 4.59. The van der Waals surface area contributed by atoms with E-state index in [9.17, 15) is 4.79 Å². The smallest absolute Gasteiger partial charge is 0.342 e. The van der Waals surface area contributed by atoms with E-state index in [-0.39, 0.29) is 11.4 Å². The van der Waals surface area contributed by atoms with Crippen LogP contribution in [0, 0.1) is 0 Å². The molecular formula is C10H12BrClN2O2. The van der Waals surface area contributed by atoms with Crippen LogP contribution in [0.4, 0.5) is 5.82 Å². The van der Waals surface area contributed by atoms with E-state index < -0.39 is 11.6 Å². The Morgan fingerprint density at radius 3 is 2.62 bits per heavy atom. The van der Waals surface area contributed by atoms with Crippen molar-refractivity contribution < 1.29 is 9.53 Å². The fourth-order valence-electron chi connectivity index (χ4n) is 0.976. The number of hydrogen-bond donors (Lipinski definition) is 1. The van der Waals surface area contributed by atoms with Gasteiger partial charge < -0.3 is 10.5 Å². The molecule has 4 nitrogen and oxygen atoms in total. The lowest BCUT2D eigenvalue weighted by Gasteiger charge is -2.19. The number of carbonyl (C=O) groups is 1. The molecule has 0 amide bonds. The molecule has 0 aliphatic carbocycles. The Bertz CT molecular complexity index is 430. The molecule has 0 aromatic carbocycles. The van der Waals surface area contributed by atoms with Crippen LogP contribution in [0.1, 0.15) is 31.1 Å². The summed E-state index contributed by atoms with van der Waals surface area (Å²) in [5.74, 6) is -0.447. The topological polar surface area (TPSA) is 65.2 Å². The summed E-state index contributed by atoms with van der Waals surface area (Å²) in [5.41, 5.74) is 5.20. The molecule has 0 radical (unpaired) electrons. The summed E-state index contributed by atoms with van der Waals surface area (Å²) in [6.45, 7) is 5.32. The van der Waals surface area contributed by atoms with Crippen LogP contribution < -0.4 is 5.73 Å². The van der Waals surface area contributed by atoms with Crippen molar-refractivity contribution in [3.8, 4) is 0 Å². The number of nitrogens with zero attached hydrogens (tertiary/aromatic N) is 1. The number of nitrogens with two attached hydrogens (primary N) is 1. The van der Waals surface area contributed by atoms with Gasteiger partial charge in [0, 0.05) is 0 Å². The molecule has 0 aliphatic rings. The quantitative estimate of drug-likeness (QED) is 0.640. The van der Waals surface area contributed by atoms with E-state index in [0.717, 1.165) is 0 Å². The molecule has 0 saturated carbocycles. The zero-order valence-electron chi connectivity index (χ0n) is 9.17. The van der Waals surface area contributed by atoms with Gasteiger partial charge in [-0.1, -0.05) is 11.6 Å². The van der Waals surface area contributed by atoms with Gasteiger partial charge in [0.05, 0.1) is 5.02 Å². The summed E-state index contributed by atoms with van der Waals surface area (Å²) < 4.78 is 5.57. The number of esters is 1. The Balaban J connectivity index is 3.05. The first kappa shape index (κ1) is 13.3. The highest BCUT2D eigenvalue weighted by Gasteiger charge is 2.21. The lowest BCUT2D eigenvalue weighted by molar-refractivity contribution is 0.00704. The van der Waals surface area contributed by atoms with Crippen molar-refractivity contribution in [2.24, 2.45) is 0 Å². The van der Waals surface area contributed by atoms with E-state index in [4.69, 9.17) is 22.1 Å². The second-order valence-electron chi connectivity index (χ2n) is 4.20. The number of ether oxygens (including phenoxy) is 1. The molecule has 0 spiro atoms. The molecule has 1 heterocycles. The van der Waals surface area contributed by atoms with Gasteiger partial charge in [0.15, 0.2) is 0 Å². The monoisotopic (exact) mass is 306 g/mol. The van der Waals surface area contributed by atoms with Crippen LogP contribution >= 0.6 is 27.5 Å². The largest absolute Gasteiger partial charge is 0.456 e. The van der Waals surface area contributed by atoms with Crippen molar-refractivity contribution in [2.75, 3.05) is 5.73 Å². The van der Waals surface area contributed by atoms with Gasteiger partial charge in [-0.05, 0) is 42.8 Å². The van der Waals surface area contributed by atoms with Crippen LogP contribution in [0.15, 0.2) is 10.7 Å². The van der Waals surface area contributed by atoms with Gasteiger partial charge in [-0.3, -0.25) is 0 Å². The van der Waals surface area contributed by atoms with E-state index in [2.05, 4.69) is 20.9 Å². The summed E-state index contributed by atoms with van der Waals surface area (Å²) in [6, 6.07) is 1.43. The normalized spacial score (nSPS) is 11.3. The van der Waals surface area contributed by atoms with Gasteiger partial charge in [0.1, 0.15) is 21.6 Å². The Kier molecular flexibility index (Phi) is 3.80. The first-order valence-electron chi connectivity index (χ1n) is 4.55. The van der Waals surface area contributed by atoms with Crippen molar-refractivity contribution in [1.82, 2.24) is 4.98 Å². The predicted molar refractivity (Wildman–Crippen MR) is 66.5 cm³/mol. The highest BCUT2D eigenvalue weighted by molar-refractivity contribution is 9.10. The van der Waals surface area contributed by atoms with Crippen LogP contribution in [0.5, 0.6) is 0 Å². The van der Waals surface area contributed by atoms with Crippen LogP contribution in [0.25, 0.3) is 0 Å². The number of hydrogen-bond acceptors (Lipinski definition) is 4. The third-order valence-corrected chi connectivity index (χ3v) is 2.70. The Hall–Kier alpha value is -0.810. The zero-order valence-corrected chi connectivity index (χ0v) is 11.5. The summed E-state index contributed by atoms with van der Waals surface area (Å²) >= 11 is 8.94. The number of anilines is 1. The fourth-order valence-corrected chi connectivity index (χ4v) is 1.43. The second-order valence-corrected chi connectivity index (χ2v) is 5.35. The molecule has 1 aromatic rings. The van der Waals surface area contributed by atoms with Gasteiger partial charge >= 0.3 is 5.97 Å². The van der Waals surface area contributed by atoms with Crippen molar-refractivity contribution in [2.45, 2.75) is 26.4 Å². The average Bonchev–Trinajstić information content (AvgIpc) is 2.08. The highest BCUT2D eigenvalue weighted by atomic mass is 79.9. The molecule has 0 aliphatic heterocycles. The molecule has 6 heteroatoms. The summed E-state index contributed by atoms with van der Waals surface area (Å²) in [4.78, 5) is 15.6. The van der Waals surface area contributed by atoms with E-state index >= 15 is 0 Å². The first-order valence-corrected chi connectivity index (χ1v) is 5.72. The maximum Gasteiger partial charge on any atom is 0.342 e. The van der Waals surface area contributed by atoms with Crippen molar-refractivity contribution in [3.63, 3.8) is 0 Å². The van der Waals surface area contributed by atoms with Gasteiger partial charge in [-0.25, -0.2) is 9.78 Å². The van der Waals surface area contributed by atoms with Crippen LogP contribution in [-0.2, 0) is 4.74 Å². The van der Waals surface area contributed by atoms with Crippen molar-refractivity contribution in [3.05, 3.63) is 21.3 Å². The van der Waals surface area contributed by atoms with Crippen LogP contribution in [0.3, 0.4) is 0 Å². The van der Waals surface area contributed by atoms with Crippen molar-refractivity contribution >= 4 is 39.3 Å². The minimum absolute atomic E-state index is 0.0884. The first-order chi connectivity index (χ1) is 7.20. The summed E-state index contributed by atoms with van der Waals surface area (Å²) in [5, 5.41) is 0.315. The maximum atomic E-state index is 11.7. The number of rotatable bonds is 1. The van der Waals surface area contributed by atoms with E-state index in [1.165, 1.54) is 6.07 Å². The lowest BCUT2D eigenvalue weighted by Crippen LogP contribution is -2.24. The highest BCUT2D eigenvalue weighted by Crippen LogP contribution is 2.25. The predicted octanol–water partition coefficient (Wildman–Crippen LogP) is 3.04. The minimum Gasteiger partial charge on any atom is -0.456 e. The molecule has 0 unspecified atom stereocenters. The SMILES string of the molecule is CC(C)(C)OC(=O)c1cc(Cl)c(Br)nc1N. The molecular weight excluding hydrogens is 295 g/mol. The molecule has 0 atom stereocenters. The Morgan fingerprint density at radius 1 is 1.56 bits per heavy atom. The number of pyridine rings is 1. The molecule has 0 bridgehead atoms. The average molecular weight is 308 g/mol. The van der Waals surface area contributed by atoms with Crippen LogP contribution in [0.2, 0.25) is 5.02 Å². The third kappa shape index (κ3) is 3.35. The number of aromatic nitrogens is 1. The zero-order chi connectivity index (χ0) is 12.5. The van der Waals surface area contributed by atoms with Crippen molar-refractivity contribution in [1.29, 1.82) is 0 Å². The summed E-state index contributed by atoms with van der Waals surface area (Å²) in [7, 11) is 0. The van der Waals surface area contributed by atoms with E-state index in [0.29, 0.717) is 9.63 Å². The van der Waals surface area contributed by atoms with Gasteiger partial charge in [-0.15, -0.1) is 0 Å². The number of carbonyl (C=O) groups excluding carboxylic acids is 1. The minimum atomic E-state index is -0.580. The van der Waals surface area contributed by atoms with Crippen LogP contribution in [-0.4, -0.2) is 16.6 Å². The standard InChI is InChI=1S/C10H12BrClN2O2/c1-10(2,3)16-9(15)5-4-6(12)7(11)14-8(5)13/h4H,1-3H3,(H2,13,14). The maximum absolute atomic E-state index is 11.7. The Labute approximate surface area is 107 Å². The molecule has 88 valence electrons. The molecule has 1 aromatic heterocycles. The molecule has 0 saturated heterocycles. The van der Waals surface area contributed by atoms with Gasteiger partial charge in [0.2, 0.25) is 0 Å². The molecule has 0 fully saturated rings. The van der Waals surface area contributed by atoms with Gasteiger partial charge in [0.25, 0.3) is 0 Å². The third-order valence-electron chi connectivity index (χ3n) is 1.58.